The Balaban J connectivity index is 2.83. The molecular formula is C4H10O3. The maximum atomic E-state index is 8.23. The molecule has 0 saturated carbocycles. The predicted octanol–water partition coefficient (Wildman–Crippen LogP) is -0.666. The van der Waals surface area contributed by atoms with Crippen LogP contribution >= 0.6 is 0 Å². The van der Waals surface area contributed by atoms with E-state index in [1.54, 1.807) is 6.92 Å². The third-order valence-corrected chi connectivity index (χ3v) is 0.616. The number of aliphatic hydroxyl groups is 2. The van der Waals surface area contributed by atoms with Crippen molar-refractivity contribution < 1.29 is 14.9 Å². The second-order valence-electron chi connectivity index (χ2n) is 1.29. The Morgan fingerprint density at radius 2 is 2.14 bits per heavy atom. The molecule has 0 rings (SSSR count). The molecule has 0 spiro atoms. The average Bonchev–Trinajstić information content (AvgIpc) is 1.68. The quantitative estimate of drug-likeness (QED) is 0.469. The molecule has 0 amide bonds. The molecule has 0 aliphatic carbocycles. The number of hydrogen-bond donors (Lipinski definition) is 2. The first-order chi connectivity index (χ1) is 3.31. The highest BCUT2D eigenvalue weighted by molar-refractivity contribution is 4.39. The van der Waals surface area contributed by atoms with Gasteiger partial charge in [0.2, 0.25) is 0 Å². The van der Waals surface area contributed by atoms with Crippen molar-refractivity contribution in [2.75, 3.05) is 13.4 Å². The van der Waals surface area contributed by atoms with Crippen molar-refractivity contribution in [2.45, 2.75) is 13.0 Å². The number of aliphatic hydroxyl groups excluding tert-OH is 2. The Kier molecular flexibility index (Phi) is 3.98. The summed E-state index contributed by atoms with van der Waals surface area (Å²) in [6.07, 6.45) is -0.245. The van der Waals surface area contributed by atoms with E-state index < -0.39 is 0 Å². The molecule has 0 fully saturated rings. The van der Waals surface area contributed by atoms with Crippen molar-refractivity contribution in [1.82, 2.24) is 0 Å². The smallest absolute Gasteiger partial charge is 0.144 e. The molecular weight excluding hydrogens is 96.0 g/mol. The zero-order chi connectivity index (χ0) is 5.70. The molecule has 44 valence electrons. The van der Waals surface area contributed by atoms with Gasteiger partial charge in [0, 0.05) is 0 Å². The van der Waals surface area contributed by atoms with Crippen molar-refractivity contribution in [3.05, 3.63) is 0 Å². The van der Waals surface area contributed by atoms with Gasteiger partial charge in [-0.3, -0.25) is 0 Å². The number of hydrogen-bond acceptors (Lipinski definition) is 3. The van der Waals surface area contributed by atoms with Crippen molar-refractivity contribution >= 4 is 0 Å². The summed E-state index contributed by atoms with van der Waals surface area (Å²) in [5.74, 6) is 0. The first kappa shape index (κ1) is 6.88. The van der Waals surface area contributed by atoms with Crippen molar-refractivity contribution in [3.63, 3.8) is 0 Å². The Hall–Kier alpha value is -0.120. The normalized spacial score (nSPS) is 14.1. The standard InChI is InChI=1S/C4H10O3/c1-4(2-5)7-3-6/h4-6H,2-3H2,1H3. The van der Waals surface area contributed by atoms with Gasteiger partial charge in [-0.25, -0.2) is 0 Å². The Labute approximate surface area is 42.5 Å². The van der Waals surface area contributed by atoms with Crippen LogP contribution in [0.5, 0.6) is 0 Å². The van der Waals surface area contributed by atoms with Gasteiger partial charge < -0.3 is 14.9 Å². The molecule has 0 aromatic carbocycles. The van der Waals surface area contributed by atoms with E-state index in [1.807, 2.05) is 0 Å². The second kappa shape index (κ2) is 4.05. The Bertz CT molecular complexity index is 37.9. The largest absolute Gasteiger partial charge is 0.394 e. The lowest BCUT2D eigenvalue weighted by Crippen LogP contribution is -2.12. The predicted molar refractivity (Wildman–Crippen MR) is 24.7 cm³/mol. The summed E-state index contributed by atoms with van der Waals surface area (Å²) < 4.78 is 4.50. The molecule has 0 aliphatic heterocycles. The molecule has 3 heteroatoms. The van der Waals surface area contributed by atoms with Crippen LogP contribution in [0.4, 0.5) is 0 Å². The SMILES string of the molecule is CC(CO)OCO. The second-order valence-corrected chi connectivity index (χ2v) is 1.29. The lowest BCUT2D eigenvalue weighted by atomic mass is 10.4. The molecule has 0 bridgehead atoms. The molecule has 2 N–H and O–H groups in total. The molecule has 0 heterocycles. The summed E-state index contributed by atoms with van der Waals surface area (Å²) in [4.78, 5) is 0. The third-order valence-electron chi connectivity index (χ3n) is 0.616. The van der Waals surface area contributed by atoms with E-state index in [0.717, 1.165) is 0 Å². The number of rotatable bonds is 3. The molecule has 0 saturated heterocycles. The maximum absolute atomic E-state index is 8.23. The van der Waals surface area contributed by atoms with Gasteiger partial charge in [0.1, 0.15) is 6.79 Å². The van der Waals surface area contributed by atoms with E-state index in [4.69, 9.17) is 10.2 Å². The van der Waals surface area contributed by atoms with Crippen LogP contribution in [-0.4, -0.2) is 29.7 Å². The monoisotopic (exact) mass is 106 g/mol. The molecule has 1 atom stereocenters. The van der Waals surface area contributed by atoms with E-state index in [0.29, 0.717) is 0 Å². The van der Waals surface area contributed by atoms with Gasteiger partial charge in [-0.1, -0.05) is 0 Å². The molecule has 0 radical (unpaired) electrons. The molecule has 3 nitrogen and oxygen atoms in total. The van der Waals surface area contributed by atoms with E-state index in [2.05, 4.69) is 4.74 Å². The van der Waals surface area contributed by atoms with Gasteiger partial charge in [-0.05, 0) is 6.92 Å². The minimum atomic E-state index is -0.318. The zero-order valence-corrected chi connectivity index (χ0v) is 4.29. The maximum Gasteiger partial charge on any atom is 0.144 e. The van der Waals surface area contributed by atoms with E-state index in [1.165, 1.54) is 0 Å². The van der Waals surface area contributed by atoms with E-state index in [-0.39, 0.29) is 19.5 Å². The van der Waals surface area contributed by atoms with Crippen LogP contribution in [-0.2, 0) is 4.74 Å². The fourth-order valence-corrected chi connectivity index (χ4v) is 0.180. The van der Waals surface area contributed by atoms with Crippen molar-refractivity contribution in [2.24, 2.45) is 0 Å². The minimum Gasteiger partial charge on any atom is -0.394 e. The van der Waals surface area contributed by atoms with Gasteiger partial charge in [0.15, 0.2) is 0 Å². The summed E-state index contributed by atoms with van der Waals surface area (Å²) in [6.45, 7) is 1.32. The van der Waals surface area contributed by atoms with Crippen LogP contribution in [0.25, 0.3) is 0 Å². The van der Waals surface area contributed by atoms with Crippen LogP contribution in [0.1, 0.15) is 6.92 Å². The van der Waals surface area contributed by atoms with Crippen LogP contribution in [0.3, 0.4) is 0 Å². The highest BCUT2D eigenvalue weighted by atomic mass is 16.6. The first-order valence-corrected chi connectivity index (χ1v) is 2.14. The third kappa shape index (κ3) is 3.72. The van der Waals surface area contributed by atoms with Gasteiger partial charge in [-0.2, -0.15) is 0 Å². The molecule has 0 aromatic heterocycles. The van der Waals surface area contributed by atoms with E-state index >= 15 is 0 Å². The Morgan fingerprint density at radius 1 is 1.57 bits per heavy atom. The molecule has 7 heavy (non-hydrogen) atoms. The van der Waals surface area contributed by atoms with Crippen LogP contribution in [0.2, 0.25) is 0 Å². The van der Waals surface area contributed by atoms with E-state index in [9.17, 15) is 0 Å². The van der Waals surface area contributed by atoms with Crippen LogP contribution < -0.4 is 0 Å². The highest BCUT2D eigenvalue weighted by Crippen LogP contribution is 1.83. The van der Waals surface area contributed by atoms with Gasteiger partial charge in [0.05, 0.1) is 12.7 Å². The van der Waals surface area contributed by atoms with Crippen molar-refractivity contribution in [1.29, 1.82) is 0 Å². The summed E-state index contributed by atoms with van der Waals surface area (Å²) in [6, 6.07) is 0. The van der Waals surface area contributed by atoms with Crippen molar-refractivity contribution in [3.8, 4) is 0 Å². The fourth-order valence-electron chi connectivity index (χ4n) is 0.180. The summed E-state index contributed by atoms with van der Waals surface area (Å²) >= 11 is 0. The Morgan fingerprint density at radius 3 is 2.29 bits per heavy atom. The summed E-state index contributed by atoms with van der Waals surface area (Å²) in [7, 11) is 0. The molecule has 0 aromatic rings. The van der Waals surface area contributed by atoms with Crippen LogP contribution in [0, 0.1) is 0 Å². The van der Waals surface area contributed by atoms with Gasteiger partial charge >= 0.3 is 0 Å². The lowest BCUT2D eigenvalue weighted by molar-refractivity contribution is -0.0606. The van der Waals surface area contributed by atoms with Crippen LogP contribution in [0.15, 0.2) is 0 Å². The molecule has 0 aliphatic rings. The first-order valence-electron chi connectivity index (χ1n) is 2.14. The summed E-state index contributed by atoms with van der Waals surface area (Å²) in [5, 5.41) is 16.3. The fraction of sp³-hybridized carbons (Fsp3) is 1.00. The zero-order valence-electron chi connectivity index (χ0n) is 4.29. The summed E-state index contributed by atoms with van der Waals surface area (Å²) in [5.41, 5.74) is 0. The van der Waals surface area contributed by atoms with Gasteiger partial charge in [0.25, 0.3) is 0 Å². The van der Waals surface area contributed by atoms with Gasteiger partial charge in [-0.15, -0.1) is 0 Å². The molecule has 1 unspecified atom stereocenters. The minimum absolute atomic E-state index is 0.0411. The number of ether oxygens (including phenoxy) is 1. The average molecular weight is 106 g/mol. The lowest BCUT2D eigenvalue weighted by Gasteiger charge is -2.04. The topological polar surface area (TPSA) is 49.7 Å². The highest BCUT2D eigenvalue weighted by Gasteiger charge is 1.94.